The number of carbonyl (C=O) groups is 3. The van der Waals surface area contributed by atoms with Crippen molar-refractivity contribution in [3.05, 3.63) is 59.7 Å². The van der Waals surface area contributed by atoms with E-state index in [0.717, 1.165) is 43.5 Å². The molecule has 210 valence electrons. The van der Waals surface area contributed by atoms with E-state index >= 15 is 0 Å². The molecule has 2 fully saturated rings. The van der Waals surface area contributed by atoms with Gasteiger partial charge in [-0.25, -0.2) is 5.01 Å². The van der Waals surface area contributed by atoms with Gasteiger partial charge in [-0.15, -0.1) is 0 Å². The number of amides is 3. The predicted octanol–water partition coefficient (Wildman–Crippen LogP) is 4.12. The lowest BCUT2D eigenvalue weighted by molar-refractivity contribution is -0.139. The largest absolute Gasteiger partial charge is 0.383 e. The van der Waals surface area contributed by atoms with Crippen molar-refractivity contribution >= 4 is 34.8 Å². The Kier molecular flexibility index (Phi) is 7.31. The summed E-state index contributed by atoms with van der Waals surface area (Å²) >= 11 is 0. The smallest absolute Gasteiger partial charge is 0.253 e. The third-order valence-electron chi connectivity index (χ3n) is 8.90. The molecule has 5 atom stereocenters. The number of anilines is 2. The minimum atomic E-state index is -0.252. The van der Waals surface area contributed by atoms with Crippen LogP contribution in [0.25, 0.3) is 0 Å². The number of likely N-dealkylation sites (tertiary alicyclic amines) is 1. The maximum Gasteiger partial charge on any atom is 0.253 e. The summed E-state index contributed by atoms with van der Waals surface area (Å²) in [6.45, 7) is 3.13. The van der Waals surface area contributed by atoms with Gasteiger partial charge >= 0.3 is 0 Å². The molecule has 9 heteroatoms. The van der Waals surface area contributed by atoms with E-state index < -0.39 is 0 Å². The Morgan fingerprint density at radius 2 is 1.85 bits per heavy atom. The van der Waals surface area contributed by atoms with E-state index in [4.69, 9.17) is 4.74 Å². The number of ether oxygens (including phenoxy) is 1. The van der Waals surface area contributed by atoms with Gasteiger partial charge in [0.05, 0.1) is 36.7 Å². The molecule has 0 unspecified atom stereocenters. The van der Waals surface area contributed by atoms with E-state index in [1.54, 1.807) is 31.4 Å². The highest BCUT2D eigenvalue weighted by Gasteiger charge is 2.48. The fraction of sp³-hybridized carbons (Fsp3) is 0.484. The van der Waals surface area contributed by atoms with Crippen LogP contribution in [0.2, 0.25) is 0 Å². The number of hydrogen-bond donors (Lipinski definition) is 2. The average Bonchev–Trinajstić information content (AvgIpc) is 3.56. The van der Waals surface area contributed by atoms with Gasteiger partial charge in [0, 0.05) is 42.6 Å². The molecule has 0 radical (unpaired) electrons. The highest BCUT2D eigenvalue weighted by atomic mass is 16.5. The first kappa shape index (κ1) is 26.5. The Morgan fingerprint density at radius 3 is 2.60 bits per heavy atom. The molecule has 3 aliphatic heterocycles. The number of hydrazone groups is 1. The number of fused-ring (bicyclic) bond motifs is 3. The van der Waals surface area contributed by atoms with Gasteiger partial charge in [-0.3, -0.25) is 14.4 Å². The first-order chi connectivity index (χ1) is 19.4. The standard InChI is InChI=1S/C31H37N5O4/c1-19-17-28(37)36(34-19)21-13-11-20(12-14-21)30(38)33-26-10-6-4-8-24(26)31(39)35-16-15-23-27(18-40-2)32-25-9-5-3-7-22(25)29(23)35/h3,5,7,9,11-14,23-24,26-27,29,32H,4,6,8,10,15-18H2,1-2H3,(H,33,38)/t23-,24-,26+,27-,29-/m0/s1. The first-order valence-corrected chi connectivity index (χ1v) is 14.4. The molecular formula is C31H37N5O4. The zero-order valence-corrected chi connectivity index (χ0v) is 23.1. The third kappa shape index (κ3) is 4.87. The number of rotatable bonds is 6. The van der Waals surface area contributed by atoms with E-state index in [1.165, 1.54) is 10.6 Å². The quantitative estimate of drug-likeness (QED) is 0.571. The van der Waals surface area contributed by atoms with Crippen LogP contribution in [0.4, 0.5) is 11.4 Å². The van der Waals surface area contributed by atoms with Gasteiger partial charge in [-0.05, 0) is 62.1 Å². The SMILES string of the molecule is COC[C@@H]1Nc2ccccc2[C@H]2[C@H]1CCN2C(=O)[C@H]1CCCC[C@H]1NC(=O)c1ccc(N2N=C(C)CC2=O)cc1. The van der Waals surface area contributed by atoms with E-state index in [0.29, 0.717) is 30.8 Å². The van der Waals surface area contributed by atoms with Crippen molar-refractivity contribution in [1.29, 1.82) is 0 Å². The molecule has 4 aliphatic rings. The lowest BCUT2D eigenvalue weighted by Crippen LogP contribution is -2.50. The van der Waals surface area contributed by atoms with Crippen molar-refractivity contribution in [1.82, 2.24) is 10.2 Å². The summed E-state index contributed by atoms with van der Waals surface area (Å²) in [5.41, 5.74) is 4.15. The lowest BCUT2D eigenvalue weighted by atomic mass is 9.81. The Hall–Kier alpha value is -3.72. The van der Waals surface area contributed by atoms with Crippen LogP contribution >= 0.6 is 0 Å². The van der Waals surface area contributed by atoms with Crippen LogP contribution in [0.3, 0.4) is 0 Å². The Balaban J connectivity index is 1.18. The van der Waals surface area contributed by atoms with Crippen molar-refractivity contribution in [2.75, 3.05) is 30.6 Å². The van der Waals surface area contributed by atoms with Crippen LogP contribution in [0.15, 0.2) is 53.6 Å². The summed E-state index contributed by atoms with van der Waals surface area (Å²) < 4.78 is 5.53. The normalized spacial score (nSPS) is 27.5. The van der Waals surface area contributed by atoms with Gasteiger partial charge in [0.1, 0.15) is 0 Å². The fourth-order valence-corrected chi connectivity index (χ4v) is 7.00. The zero-order chi connectivity index (χ0) is 27.8. The van der Waals surface area contributed by atoms with Crippen molar-refractivity contribution in [2.24, 2.45) is 16.9 Å². The first-order valence-electron chi connectivity index (χ1n) is 14.4. The molecule has 1 saturated heterocycles. The highest BCUT2D eigenvalue weighted by Crippen LogP contribution is 2.47. The molecule has 1 saturated carbocycles. The summed E-state index contributed by atoms with van der Waals surface area (Å²) in [5.74, 6) is -0.105. The van der Waals surface area contributed by atoms with Crippen LogP contribution in [0.5, 0.6) is 0 Å². The zero-order valence-electron chi connectivity index (χ0n) is 23.1. The van der Waals surface area contributed by atoms with Crippen molar-refractivity contribution < 1.29 is 19.1 Å². The minimum Gasteiger partial charge on any atom is -0.383 e. The molecule has 2 aromatic rings. The summed E-state index contributed by atoms with van der Waals surface area (Å²) in [4.78, 5) is 41.7. The summed E-state index contributed by atoms with van der Waals surface area (Å²) in [5, 5.41) is 12.5. The van der Waals surface area contributed by atoms with Crippen LogP contribution in [-0.4, -0.2) is 60.7 Å². The number of carbonyl (C=O) groups excluding carboxylic acids is 3. The van der Waals surface area contributed by atoms with Crippen LogP contribution in [0, 0.1) is 11.8 Å². The van der Waals surface area contributed by atoms with Crippen molar-refractivity contribution in [3.63, 3.8) is 0 Å². The van der Waals surface area contributed by atoms with Crippen molar-refractivity contribution in [2.45, 2.75) is 63.6 Å². The Bertz CT molecular complexity index is 1330. The molecule has 1 aliphatic carbocycles. The number of hydrogen-bond acceptors (Lipinski definition) is 6. The average molecular weight is 544 g/mol. The van der Waals surface area contributed by atoms with Crippen LogP contribution in [0.1, 0.15) is 67.4 Å². The fourth-order valence-electron chi connectivity index (χ4n) is 7.00. The second kappa shape index (κ2) is 11.0. The highest BCUT2D eigenvalue weighted by molar-refractivity contribution is 6.12. The maximum atomic E-state index is 14.2. The molecule has 2 aromatic carbocycles. The number of para-hydroxylation sites is 1. The van der Waals surface area contributed by atoms with Crippen molar-refractivity contribution in [3.8, 4) is 0 Å². The topological polar surface area (TPSA) is 103 Å². The minimum absolute atomic E-state index is 0.00974. The summed E-state index contributed by atoms with van der Waals surface area (Å²) in [6, 6.07) is 15.1. The van der Waals surface area contributed by atoms with Gasteiger partial charge in [-0.2, -0.15) is 5.10 Å². The summed E-state index contributed by atoms with van der Waals surface area (Å²) in [7, 11) is 1.72. The van der Waals surface area contributed by atoms with Crippen LogP contribution < -0.4 is 15.6 Å². The van der Waals surface area contributed by atoms with E-state index in [2.05, 4.69) is 32.8 Å². The molecular weight excluding hydrogens is 506 g/mol. The van der Waals surface area contributed by atoms with Gasteiger partial charge in [0.15, 0.2) is 0 Å². The van der Waals surface area contributed by atoms with Gasteiger partial charge in [0.25, 0.3) is 11.8 Å². The Morgan fingerprint density at radius 1 is 1.07 bits per heavy atom. The number of benzene rings is 2. The third-order valence-corrected chi connectivity index (χ3v) is 8.90. The number of methoxy groups -OCH3 is 1. The molecule has 9 nitrogen and oxygen atoms in total. The molecule has 0 spiro atoms. The second-order valence-electron chi connectivity index (χ2n) is 11.5. The molecule has 2 N–H and O–H groups in total. The molecule has 3 amide bonds. The van der Waals surface area contributed by atoms with Gasteiger partial charge in [-0.1, -0.05) is 31.0 Å². The molecule has 3 heterocycles. The monoisotopic (exact) mass is 543 g/mol. The molecule has 0 bridgehead atoms. The second-order valence-corrected chi connectivity index (χ2v) is 11.5. The number of nitrogens with zero attached hydrogens (tertiary/aromatic N) is 3. The molecule has 40 heavy (non-hydrogen) atoms. The van der Waals surface area contributed by atoms with E-state index in [1.807, 2.05) is 19.1 Å². The van der Waals surface area contributed by atoms with Gasteiger partial charge in [0.2, 0.25) is 5.91 Å². The van der Waals surface area contributed by atoms with Gasteiger partial charge < -0.3 is 20.3 Å². The Labute approximate surface area is 234 Å². The van der Waals surface area contributed by atoms with Crippen LogP contribution in [-0.2, 0) is 14.3 Å². The molecule has 6 rings (SSSR count). The lowest BCUT2D eigenvalue weighted by Gasteiger charge is -2.41. The predicted molar refractivity (Wildman–Crippen MR) is 153 cm³/mol. The molecule has 0 aromatic heterocycles. The maximum absolute atomic E-state index is 14.2. The van der Waals surface area contributed by atoms with E-state index in [9.17, 15) is 14.4 Å². The van der Waals surface area contributed by atoms with E-state index in [-0.39, 0.29) is 47.7 Å². The summed E-state index contributed by atoms with van der Waals surface area (Å²) in [6.07, 6.45) is 4.75. The number of nitrogens with one attached hydrogen (secondary N) is 2.